The van der Waals surface area contributed by atoms with Gasteiger partial charge in [-0.2, -0.15) is 0 Å². The largest absolute Gasteiger partial charge is 0.393 e. The van der Waals surface area contributed by atoms with Gasteiger partial charge >= 0.3 is 0 Å². The van der Waals surface area contributed by atoms with E-state index in [9.17, 15) is 15.3 Å². The monoisotopic (exact) mass is 158 g/mol. The molecule has 64 valence electrons. The van der Waals surface area contributed by atoms with E-state index in [4.69, 9.17) is 0 Å². The van der Waals surface area contributed by atoms with Crippen LogP contribution in [0.15, 0.2) is 0 Å². The summed E-state index contributed by atoms with van der Waals surface area (Å²) in [6.45, 7) is 0. The predicted molar refractivity (Wildman–Crippen MR) is 38.9 cm³/mol. The van der Waals surface area contributed by atoms with Crippen LogP contribution in [-0.4, -0.2) is 33.6 Å². The molecule has 0 aromatic heterocycles. The molecule has 3 nitrogen and oxygen atoms in total. The average Bonchev–Trinajstić information content (AvgIpc) is 1.83. The first-order chi connectivity index (χ1) is 5.18. The molecule has 2 aliphatic rings. The normalized spacial score (nSPS) is 56.5. The highest BCUT2D eigenvalue weighted by Crippen LogP contribution is 2.45. The van der Waals surface area contributed by atoms with Gasteiger partial charge in [0, 0.05) is 5.92 Å². The highest BCUT2D eigenvalue weighted by Gasteiger charge is 2.48. The van der Waals surface area contributed by atoms with Crippen molar-refractivity contribution in [2.24, 2.45) is 11.8 Å². The van der Waals surface area contributed by atoms with Gasteiger partial charge in [0.1, 0.15) is 0 Å². The van der Waals surface area contributed by atoms with Gasteiger partial charge in [-0.05, 0) is 25.2 Å². The highest BCUT2D eigenvalue weighted by atomic mass is 16.3. The topological polar surface area (TPSA) is 60.7 Å². The van der Waals surface area contributed by atoms with E-state index in [0.717, 1.165) is 12.8 Å². The molecule has 2 aliphatic carbocycles. The molecule has 0 radical (unpaired) electrons. The van der Waals surface area contributed by atoms with Crippen molar-refractivity contribution in [1.82, 2.24) is 0 Å². The SMILES string of the molecule is OC1C[C@@H]2CC(O)C2[C@H](O)C1. The van der Waals surface area contributed by atoms with Crippen molar-refractivity contribution >= 4 is 0 Å². The second-order valence-corrected chi connectivity index (χ2v) is 3.83. The lowest BCUT2D eigenvalue weighted by Gasteiger charge is -2.49. The molecule has 3 unspecified atom stereocenters. The molecular weight excluding hydrogens is 144 g/mol. The van der Waals surface area contributed by atoms with Crippen LogP contribution < -0.4 is 0 Å². The maximum Gasteiger partial charge on any atom is 0.0620 e. The molecule has 0 amide bonds. The third-order valence-electron chi connectivity index (χ3n) is 3.07. The number of fused-ring (bicyclic) bond motifs is 1. The predicted octanol–water partition coefficient (Wildman–Crippen LogP) is -0.501. The molecule has 0 saturated heterocycles. The standard InChI is InChI=1S/C8H14O3/c9-5-1-4-2-6(10)8(4)7(11)3-5/h4-11H,1-3H2/t4-,5?,6?,7-,8?/m1/s1. The maximum atomic E-state index is 9.42. The number of aliphatic hydroxyl groups is 3. The van der Waals surface area contributed by atoms with Gasteiger partial charge in [-0.1, -0.05) is 0 Å². The van der Waals surface area contributed by atoms with Crippen LogP contribution in [0.3, 0.4) is 0 Å². The Morgan fingerprint density at radius 2 is 1.45 bits per heavy atom. The van der Waals surface area contributed by atoms with Crippen molar-refractivity contribution in [2.75, 3.05) is 0 Å². The Morgan fingerprint density at radius 1 is 0.818 bits per heavy atom. The minimum Gasteiger partial charge on any atom is -0.393 e. The Balaban J connectivity index is 2.01. The molecule has 3 heteroatoms. The number of aliphatic hydroxyl groups excluding tert-OH is 3. The maximum absolute atomic E-state index is 9.42. The van der Waals surface area contributed by atoms with E-state index < -0.39 is 6.10 Å². The second-order valence-electron chi connectivity index (χ2n) is 3.83. The highest BCUT2D eigenvalue weighted by molar-refractivity contribution is 4.98. The smallest absolute Gasteiger partial charge is 0.0620 e. The minimum atomic E-state index is -0.479. The van der Waals surface area contributed by atoms with Gasteiger partial charge in [-0.3, -0.25) is 0 Å². The molecule has 11 heavy (non-hydrogen) atoms. The molecule has 5 atom stereocenters. The first kappa shape index (κ1) is 7.53. The summed E-state index contributed by atoms with van der Waals surface area (Å²) in [5.74, 6) is 0.419. The molecule has 2 rings (SSSR count). The number of hydrogen-bond acceptors (Lipinski definition) is 3. The Morgan fingerprint density at radius 3 is 2.00 bits per heavy atom. The lowest BCUT2D eigenvalue weighted by molar-refractivity contribution is -0.146. The van der Waals surface area contributed by atoms with Crippen LogP contribution in [0.25, 0.3) is 0 Å². The van der Waals surface area contributed by atoms with Gasteiger partial charge < -0.3 is 15.3 Å². The molecule has 0 aromatic rings. The van der Waals surface area contributed by atoms with Crippen LogP contribution in [0.4, 0.5) is 0 Å². The van der Waals surface area contributed by atoms with Gasteiger partial charge in [-0.25, -0.2) is 0 Å². The summed E-state index contributed by atoms with van der Waals surface area (Å²) in [4.78, 5) is 0. The fourth-order valence-electron chi connectivity index (χ4n) is 2.45. The van der Waals surface area contributed by atoms with Gasteiger partial charge in [0.2, 0.25) is 0 Å². The first-order valence-electron chi connectivity index (χ1n) is 4.22. The summed E-state index contributed by atoms with van der Waals surface area (Å²) < 4.78 is 0. The lowest BCUT2D eigenvalue weighted by Crippen LogP contribution is -2.53. The fraction of sp³-hybridized carbons (Fsp3) is 1.00. The molecular formula is C8H14O3. The third kappa shape index (κ3) is 1.08. The zero-order chi connectivity index (χ0) is 8.01. The van der Waals surface area contributed by atoms with E-state index >= 15 is 0 Å². The van der Waals surface area contributed by atoms with Gasteiger partial charge in [0.25, 0.3) is 0 Å². The van der Waals surface area contributed by atoms with Crippen LogP contribution in [-0.2, 0) is 0 Å². The van der Waals surface area contributed by atoms with Crippen molar-refractivity contribution in [3.8, 4) is 0 Å². The van der Waals surface area contributed by atoms with Crippen molar-refractivity contribution < 1.29 is 15.3 Å². The molecule has 2 fully saturated rings. The second kappa shape index (κ2) is 2.44. The van der Waals surface area contributed by atoms with E-state index in [1.165, 1.54) is 0 Å². The van der Waals surface area contributed by atoms with E-state index in [2.05, 4.69) is 0 Å². The lowest BCUT2D eigenvalue weighted by atomic mass is 9.61. The van der Waals surface area contributed by atoms with Crippen LogP contribution in [0.2, 0.25) is 0 Å². The number of rotatable bonds is 0. The van der Waals surface area contributed by atoms with Crippen molar-refractivity contribution in [3.63, 3.8) is 0 Å². The van der Waals surface area contributed by atoms with E-state index in [1.54, 1.807) is 0 Å². The average molecular weight is 158 g/mol. The molecule has 0 aliphatic heterocycles. The van der Waals surface area contributed by atoms with Crippen molar-refractivity contribution in [2.45, 2.75) is 37.6 Å². The van der Waals surface area contributed by atoms with Crippen molar-refractivity contribution in [3.05, 3.63) is 0 Å². The Labute approximate surface area is 65.7 Å². The summed E-state index contributed by atoms with van der Waals surface area (Å²) in [5, 5.41) is 27.9. The number of hydrogen-bond donors (Lipinski definition) is 3. The molecule has 0 spiro atoms. The molecule has 0 heterocycles. The Bertz CT molecular complexity index is 151. The first-order valence-corrected chi connectivity index (χ1v) is 4.22. The summed E-state index contributed by atoms with van der Waals surface area (Å²) in [7, 11) is 0. The fourth-order valence-corrected chi connectivity index (χ4v) is 2.45. The molecule has 0 bridgehead atoms. The van der Waals surface area contributed by atoms with Crippen molar-refractivity contribution in [1.29, 1.82) is 0 Å². The summed E-state index contributed by atoms with van der Waals surface area (Å²) in [6, 6.07) is 0. The van der Waals surface area contributed by atoms with E-state index in [1.807, 2.05) is 0 Å². The van der Waals surface area contributed by atoms with Crippen LogP contribution >= 0.6 is 0 Å². The Hall–Kier alpha value is -0.120. The van der Waals surface area contributed by atoms with Crippen LogP contribution in [0.5, 0.6) is 0 Å². The zero-order valence-electron chi connectivity index (χ0n) is 6.35. The molecule has 3 N–H and O–H groups in total. The molecule has 2 saturated carbocycles. The zero-order valence-corrected chi connectivity index (χ0v) is 6.35. The van der Waals surface area contributed by atoms with Gasteiger partial charge in [-0.15, -0.1) is 0 Å². The van der Waals surface area contributed by atoms with Crippen LogP contribution in [0.1, 0.15) is 19.3 Å². The van der Waals surface area contributed by atoms with Gasteiger partial charge in [0.15, 0.2) is 0 Å². The third-order valence-corrected chi connectivity index (χ3v) is 3.07. The summed E-state index contributed by atoms with van der Waals surface area (Å²) >= 11 is 0. The summed E-state index contributed by atoms with van der Waals surface area (Å²) in [6.07, 6.45) is 0.823. The minimum absolute atomic E-state index is 0.0541. The quantitative estimate of drug-likeness (QED) is 0.445. The van der Waals surface area contributed by atoms with Crippen LogP contribution in [0, 0.1) is 11.8 Å². The van der Waals surface area contributed by atoms with Gasteiger partial charge in [0.05, 0.1) is 18.3 Å². The van der Waals surface area contributed by atoms with E-state index in [-0.39, 0.29) is 18.1 Å². The van der Waals surface area contributed by atoms with E-state index in [0.29, 0.717) is 12.3 Å². The Kier molecular flexibility index (Phi) is 1.67. The molecule has 0 aromatic carbocycles. The summed E-state index contributed by atoms with van der Waals surface area (Å²) in [5.41, 5.74) is 0.